The number of hydrogen-bond acceptors (Lipinski definition) is 3. The molecular formula is C10H16Cl2N2O2S. The highest BCUT2D eigenvalue weighted by Crippen LogP contribution is 2.16. The molecule has 0 aliphatic carbocycles. The zero-order chi connectivity index (χ0) is 12.0. The summed E-state index contributed by atoms with van der Waals surface area (Å²) >= 11 is 5.89. The first-order valence-corrected chi connectivity index (χ1v) is 6.93. The molecule has 0 bridgehead atoms. The van der Waals surface area contributed by atoms with Crippen molar-refractivity contribution in [1.29, 1.82) is 0 Å². The van der Waals surface area contributed by atoms with E-state index in [1.807, 2.05) is 0 Å². The van der Waals surface area contributed by atoms with Crippen molar-refractivity contribution in [3.63, 3.8) is 0 Å². The second-order valence-electron chi connectivity index (χ2n) is 3.35. The molecule has 0 unspecified atom stereocenters. The van der Waals surface area contributed by atoms with Crippen molar-refractivity contribution in [2.45, 2.75) is 5.75 Å². The molecule has 0 radical (unpaired) electrons. The van der Waals surface area contributed by atoms with E-state index in [4.69, 9.17) is 11.6 Å². The lowest BCUT2D eigenvalue weighted by atomic mass is 10.2. The van der Waals surface area contributed by atoms with Gasteiger partial charge >= 0.3 is 0 Å². The molecule has 0 saturated carbocycles. The monoisotopic (exact) mass is 298 g/mol. The van der Waals surface area contributed by atoms with Crippen LogP contribution in [0.25, 0.3) is 0 Å². The predicted octanol–water partition coefficient (Wildman–Crippen LogP) is 1.40. The van der Waals surface area contributed by atoms with Gasteiger partial charge in [0.2, 0.25) is 10.0 Å². The minimum absolute atomic E-state index is 0. The average molecular weight is 299 g/mol. The maximum absolute atomic E-state index is 11.6. The molecule has 0 spiro atoms. The molecule has 0 fully saturated rings. The van der Waals surface area contributed by atoms with E-state index in [1.54, 1.807) is 31.3 Å². The van der Waals surface area contributed by atoms with Crippen molar-refractivity contribution in [3.8, 4) is 0 Å². The maximum Gasteiger partial charge on any atom is 0.215 e. The highest BCUT2D eigenvalue weighted by molar-refractivity contribution is 7.88. The van der Waals surface area contributed by atoms with Crippen LogP contribution in [-0.2, 0) is 15.8 Å². The third kappa shape index (κ3) is 6.24. The van der Waals surface area contributed by atoms with Crippen molar-refractivity contribution in [2.75, 3.05) is 20.1 Å². The van der Waals surface area contributed by atoms with Crippen LogP contribution in [0.4, 0.5) is 0 Å². The van der Waals surface area contributed by atoms with Crippen molar-refractivity contribution >= 4 is 34.0 Å². The van der Waals surface area contributed by atoms with Gasteiger partial charge in [0.15, 0.2) is 0 Å². The molecule has 1 rings (SSSR count). The van der Waals surface area contributed by atoms with Crippen molar-refractivity contribution in [3.05, 3.63) is 34.9 Å². The number of benzene rings is 1. The normalized spacial score (nSPS) is 10.9. The van der Waals surface area contributed by atoms with Gasteiger partial charge in [-0.2, -0.15) is 0 Å². The predicted molar refractivity (Wildman–Crippen MR) is 73.3 cm³/mol. The van der Waals surface area contributed by atoms with Crippen LogP contribution >= 0.6 is 24.0 Å². The molecule has 2 N–H and O–H groups in total. The van der Waals surface area contributed by atoms with Crippen LogP contribution in [-0.4, -0.2) is 28.6 Å². The fourth-order valence-electron chi connectivity index (χ4n) is 1.20. The molecule has 0 aliphatic heterocycles. The summed E-state index contributed by atoms with van der Waals surface area (Å²) in [6.07, 6.45) is 0. The van der Waals surface area contributed by atoms with E-state index in [9.17, 15) is 8.42 Å². The molecule has 17 heavy (non-hydrogen) atoms. The smallest absolute Gasteiger partial charge is 0.215 e. The second kappa shape index (κ2) is 7.89. The van der Waals surface area contributed by atoms with Crippen LogP contribution in [0.15, 0.2) is 24.3 Å². The minimum atomic E-state index is -3.30. The highest BCUT2D eigenvalue weighted by atomic mass is 35.5. The number of halogens is 2. The molecule has 1 aromatic carbocycles. The van der Waals surface area contributed by atoms with Gasteiger partial charge < -0.3 is 5.32 Å². The van der Waals surface area contributed by atoms with Crippen LogP contribution in [0.5, 0.6) is 0 Å². The summed E-state index contributed by atoms with van der Waals surface area (Å²) in [5.74, 6) is -0.0869. The van der Waals surface area contributed by atoms with Gasteiger partial charge in [0, 0.05) is 18.1 Å². The maximum atomic E-state index is 11.6. The van der Waals surface area contributed by atoms with Crippen LogP contribution in [0.3, 0.4) is 0 Å². The Hall–Kier alpha value is -0.330. The number of rotatable bonds is 6. The average Bonchev–Trinajstić information content (AvgIpc) is 2.21. The molecule has 0 aliphatic rings. The summed E-state index contributed by atoms with van der Waals surface area (Å²) in [5.41, 5.74) is 0.612. The third-order valence-corrected chi connectivity index (χ3v) is 3.70. The summed E-state index contributed by atoms with van der Waals surface area (Å²) in [6, 6.07) is 6.93. The quantitative estimate of drug-likeness (QED) is 0.781. The van der Waals surface area contributed by atoms with E-state index in [2.05, 4.69) is 10.0 Å². The van der Waals surface area contributed by atoms with Gasteiger partial charge in [0.25, 0.3) is 0 Å². The molecule has 98 valence electrons. The minimum Gasteiger partial charge on any atom is -0.318 e. The lowest BCUT2D eigenvalue weighted by Gasteiger charge is -2.07. The molecule has 0 heterocycles. The SMILES string of the molecule is CNCCNS(=O)(=O)Cc1ccccc1Cl.Cl. The van der Waals surface area contributed by atoms with Gasteiger partial charge in [-0.1, -0.05) is 29.8 Å². The zero-order valence-corrected chi connectivity index (χ0v) is 11.8. The molecule has 1 aromatic rings. The number of hydrogen-bond donors (Lipinski definition) is 2. The standard InChI is InChI=1S/C10H15ClN2O2S.ClH/c1-12-6-7-13-16(14,15)8-9-4-2-3-5-10(9)11;/h2-5,12-13H,6-8H2,1H3;1H. The summed E-state index contributed by atoms with van der Waals surface area (Å²) in [4.78, 5) is 0. The van der Waals surface area contributed by atoms with Gasteiger partial charge in [0.05, 0.1) is 5.75 Å². The highest BCUT2D eigenvalue weighted by Gasteiger charge is 2.12. The van der Waals surface area contributed by atoms with Crippen LogP contribution < -0.4 is 10.0 Å². The Labute approximate surface area is 113 Å². The Balaban J connectivity index is 0.00000256. The fraction of sp³-hybridized carbons (Fsp3) is 0.400. The van der Waals surface area contributed by atoms with Crippen molar-refractivity contribution in [2.24, 2.45) is 0 Å². The van der Waals surface area contributed by atoms with E-state index in [0.717, 1.165) is 0 Å². The Morgan fingerprint density at radius 2 is 1.88 bits per heavy atom. The zero-order valence-electron chi connectivity index (χ0n) is 9.44. The van der Waals surface area contributed by atoms with Gasteiger partial charge in [-0.25, -0.2) is 13.1 Å². The van der Waals surface area contributed by atoms with Gasteiger partial charge in [-0.05, 0) is 18.7 Å². The Bertz CT molecular complexity index is 438. The Kier molecular flexibility index (Phi) is 7.74. The molecular weight excluding hydrogens is 283 g/mol. The van der Waals surface area contributed by atoms with Gasteiger partial charge in [-0.3, -0.25) is 0 Å². The molecule has 4 nitrogen and oxygen atoms in total. The molecule has 0 atom stereocenters. The molecule has 7 heteroatoms. The lowest BCUT2D eigenvalue weighted by Crippen LogP contribution is -2.31. The van der Waals surface area contributed by atoms with E-state index in [1.165, 1.54) is 0 Å². The summed E-state index contributed by atoms with van der Waals surface area (Å²) in [7, 11) is -1.54. The van der Waals surface area contributed by atoms with Crippen molar-refractivity contribution in [1.82, 2.24) is 10.0 Å². The van der Waals surface area contributed by atoms with Crippen LogP contribution in [0, 0.1) is 0 Å². The van der Waals surface area contributed by atoms with E-state index in [0.29, 0.717) is 23.7 Å². The number of likely N-dealkylation sites (N-methyl/N-ethyl adjacent to an activating group) is 1. The largest absolute Gasteiger partial charge is 0.318 e. The second-order valence-corrected chi connectivity index (χ2v) is 5.56. The van der Waals surface area contributed by atoms with E-state index < -0.39 is 10.0 Å². The lowest BCUT2D eigenvalue weighted by molar-refractivity contribution is 0.578. The van der Waals surface area contributed by atoms with E-state index in [-0.39, 0.29) is 18.2 Å². The fourth-order valence-corrected chi connectivity index (χ4v) is 2.66. The molecule has 0 aromatic heterocycles. The summed E-state index contributed by atoms with van der Waals surface area (Å²) in [6.45, 7) is 0.977. The van der Waals surface area contributed by atoms with Gasteiger partial charge in [-0.15, -0.1) is 12.4 Å². The van der Waals surface area contributed by atoms with E-state index >= 15 is 0 Å². The number of sulfonamides is 1. The van der Waals surface area contributed by atoms with Gasteiger partial charge in [0.1, 0.15) is 0 Å². The number of nitrogens with one attached hydrogen (secondary N) is 2. The third-order valence-electron chi connectivity index (χ3n) is 2.00. The first-order valence-electron chi connectivity index (χ1n) is 4.90. The first kappa shape index (κ1) is 16.7. The molecule has 0 amide bonds. The van der Waals surface area contributed by atoms with Crippen molar-refractivity contribution < 1.29 is 8.42 Å². The summed E-state index contributed by atoms with van der Waals surface area (Å²) in [5, 5.41) is 3.34. The Morgan fingerprint density at radius 1 is 1.24 bits per heavy atom. The van der Waals surface area contributed by atoms with Crippen LogP contribution in [0.1, 0.15) is 5.56 Å². The summed E-state index contributed by atoms with van der Waals surface area (Å²) < 4.78 is 25.7. The first-order chi connectivity index (χ1) is 7.55. The Morgan fingerprint density at radius 3 is 2.47 bits per heavy atom. The topological polar surface area (TPSA) is 58.2 Å². The van der Waals surface area contributed by atoms with Crippen LogP contribution in [0.2, 0.25) is 5.02 Å². The molecule has 0 saturated heterocycles.